The van der Waals surface area contributed by atoms with Gasteiger partial charge in [0.1, 0.15) is 22.7 Å². The molecule has 0 bridgehead atoms. The van der Waals surface area contributed by atoms with Crippen molar-refractivity contribution in [3.63, 3.8) is 0 Å². The zero-order valence-electron chi connectivity index (χ0n) is 19.6. The van der Waals surface area contributed by atoms with E-state index in [0.29, 0.717) is 35.2 Å². The standard InChI is InChI=1S/C27H30N4O4/c32-22-4-1-5-23(35-14-15-6-7-15)24(22)21-12-18(16-3-2-10-28-13-16)19-11-20(26(33)29-17-8-9-17)27(34)31-25(19)30-21/h1,4-5,11-12,15-17,28,32H,2-3,6-10,13-14H2,(H,29,33)(H,30,31,34). The first kappa shape index (κ1) is 22.1. The number of H-pyrrole nitrogens is 1. The van der Waals surface area contributed by atoms with Gasteiger partial charge in [-0.15, -0.1) is 0 Å². The lowest BCUT2D eigenvalue weighted by Crippen LogP contribution is -2.31. The van der Waals surface area contributed by atoms with Crippen LogP contribution in [0.2, 0.25) is 0 Å². The SMILES string of the molecule is O=C(NC1CC1)c1cc2c(C3CCCNC3)cc(-c3c(O)cccc3OCC3CC3)nc2[nH]c1=O. The topological polar surface area (TPSA) is 116 Å². The van der Waals surface area contributed by atoms with Crippen LogP contribution >= 0.6 is 0 Å². The van der Waals surface area contributed by atoms with Gasteiger partial charge >= 0.3 is 0 Å². The minimum atomic E-state index is -0.462. The number of phenolic OH excluding ortho intramolecular Hbond substituents is 1. The van der Waals surface area contributed by atoms with E-state index in [0.717, 1.165) is 49.7 Å². The first-order chi connectivity index (χ1) is 17.1. The first-order valence-corrected chi connectivity index (χ1v) is 12.6. The van der Waals surface area contributed by atoms with Gasteiger partial charge in [-0.25, -0.2) is 4.98 Å². The number of carbonyl (C=O) groups excluding carboxylic acids is 1. The number of aromatic hydroxyl groups is 1. The predicted octanol–water partition coefficient (Wildman–Crippen LogP) is 3.44. The van der Waals surface area contributed by atoms with Gasteiger partial charge in [0.2, 0.25) is 0 Å². The highest BCUT2D eigenvalue weighted by Gasteiger charge is 2.27. The number of phenols is 1. The molecule has 3 fully saturated rings. The fraction of sp³-hybridized carbons (Fsp3) is 0.444. The number of piperidine rings is 1. The van der Waals surface area contributed by atoms with Crippen LogP contribution in [0.1, 0.15) is 60.4 Å². The average molecular weight is 475 g/mol. The van der Waals surface area contributed by atoms with Crippen LogP contribution in [0.25, 0.3) is 22.3 Å². The molecule has 3 aliphatic rings. The summed E-state index contributed by atoms with van der Waals surface area (Å²) in [5, 5.41) is 17.9. The molecular weight excluding hydrogens is 444 g/mol. The number of benzene rings is 1. The molecule has 8 heteroatoms. The van der Waals surface area contributed by atoms with Crippen LogP contribution in [-0.2, 0) is 0 Å². The van der Waals surface area contributed by atoms with E-state index < -0.39 is 5.56 Å². The Labute approximate surface area is 203 Å². The van der Waals surface area contributed by atoms with Crippen LogP contribution in [0.15, 0.2) is 35.1 Å². The van der Waals surface area contributed by atoms with Crippen molar-refractivity contribution < 1.29 is 14.6 Å². The maximum Gasteiger partial charge on any atom is 0.262 e. The molecule has 8 nitrogen and oxygen atoms in total. The fourth-order valence-electron chi connectivity index (χ4n) is 4.84. The molecule has 3 heterocycles. The largest absolute Gasteiger partial charge is 0.507 e. The van der Waals surface area contributed by atoms with Crippen LogP contribution in [0, 0.1) is 5.92 Å². The number of hydrogen-bond acceptors (Lipinski definition) is 6. The van der Waals surface area contributed by atoms with Gasteiger partial charge in [0.25, 0.3) is 11.5 Å². The third-order valence-electron chi connectivity index (χ3n) is 7.18. The van der Waals surface area contributed by atoms with Crippen molar-refractivity contribution in [1.82, 2.24) is 20.6 Å². The molecule has 3 aromatic rings. The molecule has 182 valence electrons. The summed E-state index contributed by atoms with van der Waals surface area (Å²) in [4.78, 5) is 33.2. The normalized spacial score (nSPS) is 20.1. The molecule has 1 aromatic carbocycles. The van der Waals surface area contributed by atoms with Gasteiger partial charge < -0.3 is 25.5 Å². The molecule has 35 heavy (non-hydrogen) atoms. The highest BCUT2D eigenvalue weighted by Crippen LogP contribution is 2.41. The second-order valence-corrected chi connectivity index (χ2v) is 10.1. The van der Waals surface area contributed by atoms with Gasteiger partial charge in [-0.05, 0) is 86.7 Å². The highest BCUT2D eigenvalue weighted by atomic mass is 16.5. The molecule has 2 aliphatic carbocycles. The Hall–Kier alpha value is -3.39. The minimum absolute atomic E-state index is 0.0839. The number of nitrogens with one attached hydrogen (secondary N) is 3. The summed E-state index contributed by atoms with van der Waals surface area (Å²) >= 11 is 0. The van der Waals surface area contributed by atoms with Crippen molar-refractivity contribution in [2.75, 3.05) is 19.7 Å². The number of carbonyl (C=O) groups is 1. The number of aromatic amines is 1. The lowest BCUT2D eigenvalue weighted by Gasteiger charge is -2.25. The Balaban J connectivity index is 1.49. The molecule has 1 amide bonds. The van der Waals surface area contributed by atoms with Crippen LogP contribution in [-0.4, -0.2) is 46.7 Å². The molecule has 1 unspecified atom stereocenters. The molecule has 1 atom stereocenters. The number of nitrogens with zero attached hydrogens (tertiary/aromatic N) is 1. The van der Waals surface area contributed by atoms with E-state index in [-0.39, 0.29) is 29.2 Å². The second-order valence-electron chi connectivity index (χ2n) is 10.1. The lowest BCUT2D eigenvalue weighted by molar-refractivity contribution is 0.0949. The first-order valence-electron chi connectivity index (χ1n) is 12.6. The van der Waals surface area contributed by atoms with Gasteiger partial charge in [0.15, 0.2) is 0 Å². The number of aromatic nitrogens is 2. The Morgan fingerprint density at radius 2 is 2.03 bits per heavy atom. The van der Waals surface area contributed by atoms with Crippen molar-refractivity contribution in [2.24, 2.45) is 5.92 Å². The Morgan fingerprint density at radius 1 is 1.17 bits per heavy atom. The van der Waals surface area contributed by atoms with Crippen LogP contribution < -0.4 is 20.9 Å². The Bertz CT molecular complexity index is 1340. The molecule has 1 saturated heterocycles. The van der Waals surface area contributed by atoms with Gasteiger partial charge in [-0.2, -0.15) is 0 Å². The number of pyridine rings is 2. The van der Waals surface area contributed by atoms with Crippen molar-refractivity contribution in [2.45, 2.75) is 50.5 Å². The van der Waals surface area contributed by atoms with Crippen LogP contribution in [0.5, 0.6) is 11.5 Å². The quantitative estimate of drug-likeness (QED) is 0.417. The Kier molecular flexibility index (Phi) is 5.68. The van der Waals surface area contributed by atoms with Crippen molar-refractivity contribution >= 4 is 16.9 Å². The van der Waals surface area contributed by atoms with Crippen molar-refractivity contribution in [3.8, 4) is 22.8 Å². The molecule has 2 aromatic heterocycles. The predicted molar refractivity (Wildman–Crippen MR) is 133 cm³/mol. The van der Waals surface area contributed by atoms with Gasteiger partial charge in [-0.1, -0.05) is 6.07 Å². The maximum absolute atomic E-state index is 12.9. The summed E-state index contributed by atoms with van der Waals surface area (Å²) in [6.07, 6.45) is 6.26. The van der Waals surface area contributed by atoms with Gasteiger partial charge in [-0.3, -0.25) is 9.59 Å². The zero-order valence-corrected chi connectivity index (χ0v) is 19.6. The minimum Gasteiger partial charge on any atom is -0.507 e. The summed E-state index contributed by atoms with van der Waals surface area (Å²) in [5.74, 6) is 1.08. The van der Waals surface area contributed by atoms with E-state index in [4.69, 9.17) is 9.72 Å². The third-order valence-corrected chi connectivity index (χ3v) is 7.18. The number of fused-ring (bicyclic) bond motifs is 1. The lowest BCUT2D eigenvalue weighted by atomic mass is 9.88. The van der Waals surface area contributed by atoms with E-state index in [1.165, 1.54) is 12.8 Å². The number of amides is 1. The molecule has 0 spiro atoms. The van der Waals surface area contributed by atoms with Crippen LogP contribution in [0.4, 0.5) is 0 Å². The number of hydrogen-bond donors (Lipinski definition) is 4. The fourth-order valence-corrected chi connectivity index (χ4v) is 4.84. The summed E-state index contributed by atoms with van der Waals surface area (Å²) in [6, 6.07) is 9.07. The van der Waals surface area contributed by atoms with E-state index >= 15 is 0 Å². The molecule has 0 radical (unpaired) electrons. The maximum atomic E-state index is 12.9. The van der Waals surface area contributed by atoms with E-state index in [2.05, 4.69) is 15.6 Å². The van der Waals surface area contributed by atoms with E-state index in [9.17, 15) is 14.7 Å². The average Bonchev–Trinajstić information content (AvgIpc) is 3.78. The number of rotatable bonds is 7. The Morgan fingerprint density at radius 3 is 2.77 bits per heavy atom. The molecule has 4 N–H and O–H groups in total. The van der Waals surface area contributed by atoms with E-state index in [1.54, 1.807) is 18.2 Å². The van der Waals surface area contributed by atoms with Crippen molar-refractivity contribution in [3.05, 3.63) is 51.8 Å². The third kappa shape index (κ3) is 4.62. The van der Waals surface area contributed by atoms with Crippen LogP contribution in [0.3, 0.4) is 0 Å². The summed E-state index contributed by atoms with van der Waals surface area (Å²) in [5.41, 5.74) is 2.14. The van der Waals surface area contributed by atoms with Gasteiger partial charge in [0, 0.05) is 18.0 Å². The monoisotopic (exact) mass is 474 g/mol. The van der Waals surface area contributed by atoms with Crippen molar-refractivity contribution in [1.29, 1.82) is 0 Å². The summed E-state index contributed by atoms with van der Waals surface area (Å²) < 4.78 is 6.07. The summed E-state index contributed by atoms with van der Waals surface area (Å²) in [6.45, 7) is 2.38. The number of ether oxygens (including phenoxy) is 1. The summed E-state index contributed by atoms with van der Waals surface area (Å²) in [7, 11) is 0. The molecule has 6 rings (SSSR count). The second kappa shape index (κ2) is 9.00. The highest BCUT2D eigenvalue weighted by molar-refractivity contribution is 5.98. The molecular formula is C27H30N4O4. The molecule has 2 saturated carbocycles. The smallest absolute Gasteiger partial charge is 0.262 e. The van der Waals surface area contributed by atoms with E-state index in [1.807, 2.05) is 12.1 Å². The zero-order chi connectivity index (χ0) is 23.9. The molecule has 1 aliphatic heterocycles. The van der Waals surface area contributed by atoms with Gasteiger partial charge in [0.05, 0.1) is 17.9 Å².